The van der Waals surface area contributed by atoms with E-state index in [-0.39, 0.29) is 10.7 Å². The fraction of sp³-hybridized carbons (Fsp3) is 0.150. The number of nitrogens with one attached hydrogen (secondary N) is 1. The first-order valence-electron chi connectivity index (χ1n) is 8.29. The van der Waals surface area contributed by atoms with Gasteiger partial charge in [-0.15, -0.1) is 0 Å². The first-order valence-corrected chi connectivity index (χ1v) is 8.70. The molecule has 1 aliphatic rings. The molecule has 132 valence electrons. The van der Waals surface area contributed by atoms with Crippen LogP contribution in [0.4, 0.5) is 5.69 Å². The second-order valence-electron chi connectivity index (χ2n) is 5.71. The first-order chi connectivity index (χ1) is 12.6. The Morgan fingerprint density at radius 2 is 1.88 bits per heavy atom. The highest BCUT2D eigenvalue weighted by Gasteiger charge is 2.34. The smallest absolute Gasteiger partial charge is 0.270 e. The quantitative estimate of drug-likeness (QED) is 0.501. The lowest BCUT2D eigenvalue weighted by molar-refractivity contribution is -0.122. The van der Waals surface area contributed by atoms with Crippen LogP contribution in [-0.2, 0) is 9.59 Å². The lowest BCUT2D eigenvalue weighted by Crippen LogP contribution is -2.54. The van der Waals surface area contributed by atoms with Gasteiger partial charge in [-0.3, -0.25) is 19.8 Å². The largest absolute Gasteiger partial charge is 0.494 e. The van der Waals surface area contributed by atoms with Crippen molar-refractivity contribution in [3.63, 3.8) is 0 Å². The zero-order valence-electron chi connectivity index (χ0n) is 14.3. The number of ether oxygens (including phenoxy) is 1. The molecule has 26 heavy (non-hydrogen) atoms. The molecular weight excluding hydrogens is 348 g/mol. The van der Waals surface area contributed by atoms with Gasteiger partial charge in [-0.1, -0.05) is 37.3 Å². The molecule has 0 spiro atoms. The van der Waals surface area contributed by atoms with E-state index in [2.05, 4.69) is 5.32 Å². The number of carbonyl (C=O) groups excluding carboxylic acids is 2. The first kappa shape index (κ1) is 17.8. The van der Waals surface area contributed by atoms with Crippen molar-refractivity contribution in [3.05, 3.63) is 65.7 Å². The van der Waals surface area contributed by atoms with Gasteiger partial charge in [0.05, 0.1) is 12.3 Å². The third-order valence-electron chi connectivity index (χ3n) is 3.76. The van der Waals surface area contributed by atoms with Crippen LogP contribution in [0.15, 0.2) is 60.2 Å². The molecule has 0 bridgehead atoms. The summed E-state index contributed by atoms with van der Waals surface area (Å²) in [6, 6.07) is 16.2. The summed E-state index contributed by atoms with van der Waals surface area (Å²) in [5.74, 6) is -0.266. The van der Waals surface area contributed by atoms with Crippen LogP contribution in [0.5, 0.6) is 5.75 Å². The molecule has 2 aromatic rings. The van der Waals surface area contributed by atoms with Crippen molar-refractivity contribution < 1.29 is 14.3 Å². The van der Waals surface area contributed by atoms with Crippen molar-refractivity contribution in [2.45, 2.75) is 13.3 Å². The van der Waals surface area contributed by atoms with E-state index in [1.807, 2.05) is 31.2 Å². The highest BCUT2D eigenvalue weighted by atomic mass is 32.1. The Balaban J connectivity index is 1.93. The molecule has 0 aliphatic carbocycles. The topological polar surface area (TPSA) is 58.6 Å². The predicted octanol–water partition coefficient (Wildman–Crippen LogP) is 3.31. The minimum atomic E-state index is -0.507. The number of thiocarbonyl (C=S) groups is 1. The second-order valence-corrected chi connectivity index (χ2v) is 6.10. The summed E-state index contributed by atoms with van der Waals surface area (Å²) in [6.45, 7) is 2.63. The van der Waals surface area contributed by atoms with Crippen molar-refractivity contribution >= 4 is 40.9 Å². The Hall–Kier alpha value is -2.99. The Morgan fingerprint density at radius 1 is 1.12 bits per heavy atom. The molecule has 2 aromatic carbocycles. The van der Waals surface area contributed by atoms with E-state index in [0.29, 0.717) is 23.6 Å². The number of nitrogens with zero attached hydrogens (tertiary/aromatic N) is 1. The standard InChI is InChI=1S/C20H18N2O3S/c1-2-11-25-16-10-6-7-14(12-16)13-17-18(23)21-20(26)22(19(17)24)15-8-4-3-5-9-15/h3-10,12-13H,2,11H2,1H3,(H,21,23,26)/b17-13+. The van der Waals surface area contributed by atoms with Gasteiger partial charge in [-0.2, -0.15) is 0 Å². The number of anilines is 1. The van der Waals surface area contributed by atoms with Crippen LogP contribution in [0, 0.1) is 0 Å². The van der Waals surface area contributed by atoms with E-state index in [1.54, 1.807) is 36.4 Å². The Kier molecular flexibility index (Phi) is 5.43. The van der Waals surface area contributed by atoms with Crippen LogP contribution in [0.1, 0.15) is 18.9 Å². The molecule has 1 N–H and O–H groups in total. The fourth-order valence-corrected chi connectivity index (χ4v) is 2.83. The molecule has 1 fully saturated rings. The maximum Gasteiger partial charge on any atom is 0.270 e. The summed E-state index contributed by atoms with van der Waals surface area (Å²) in [5, 5.41) is 2.65. The third kappa shape index (κ3) is 3.81. The zero-order chi connectivity index (χ0) is 18.5. The van der Waals surface area contributed by atoms with Crippen LogP contribution in [-0.4, -0.2) is 23.5 Å². The molecular formula is C20H18N2O3S. The van der Waals surface area contributed by atoms with Gasteiger partial charge in [0.15, 0.2) is 5.11 Å². The van der Waals surface area contributed by atoms with Crippen molar-refractivity contribution in [2.75, 3.05) is 11.5 Å². The van der Waals surface area contributed by atoms with Gasteiger partial charge in [-0.25, -0.2) is 0 Å². The van der Waals surface area contributed by atoms with Crippen molar-refractivity contribution in [1.29, 1.82) is 0 Å². The number of amides is 2. The summed E-state index contributed by atoms with van der Waals surface area (Å²) >= 11 is 5.18. The van der Waals surface area contributed by atoms with Crippen molar-refractivity contribution in [2.24, 2.45) is 0 Å². The minimum Gasteiger partial charge on any atom is -0.494 e. The van der Waals surface area contributed by atoms with Gasteiger partial charge in [0.2, 0.25) is 0 Å². The van der Waals surface area contributed by atoms with E-state index < -0.39 is 11.8 Å². The summed E-state index contributed by atoms with van der Waals surface area (Å²) in [5.41, 5.74) is 1.33. The maximum atomic E-state index is 12.9. The van der Waals surface area contributed by atoms with E-state index >= 15 is 0 Å². The average Bonchev–Trinajstić information content (AvgIpc) is 2.64. The molecule has 0 aromatic heterocycles. The Bertz CT molecular complexity index is 878. The van der Waals surface area contributed by atoms with Crippen LogP contribution in [0.25, 0.3) is 6.08 Å². The van der Waals surface area contributed by atoms with Gasteiger partial charge in [0, 0.05) is 0 Å². The lowest BCUT2D eigenvalue weighted by atomic mass is 10.1. The molecule has 1 aliphatic heterocycles. The fourth-order valence-electron chi connectivity index (χ4n) is 2.55. The number of hydrogen-bond acceptors (Lipinski definition) is 4. The van der Waals surface area contributed by atoms with Gasteiger partial charge < -0.3 is 4.74 Å². The van der Waals surface area contributed by atoms with Gasteiger partial charge in [0.1, 0.15) is 11.3 Å². The minimum absolute atomic E-state index is 0.0232. The van der Waals surface area contributed by atoms with E-state index in [9.17, 15) is 9.59 Å². The molecule has 0 saturated carbocycles. The molecule has 1 heterocycles. The Labute approximate surface area is 157 Å². The third-order valence-corrected chi connectivity index (χ3v) is 4.04. The number of benzene rings is 2. The number of rotatable bonds is 5. The van der Waals surface area contributed by atoms with Gasteiger partial charge >= 0.3 is 0 Å². The highest BCUT2D eigenvalue weighted by molar-refractivity contribution is 7.80. The SMILES string of the molecule is CCCOc1cccc(/C=C2\C(=O)NC(=S)N(c3ccccc3)C2=O)c1. The van der Waals surface area contributed by atoms with Crippen LogP contribution in [0.3, 0.4) is 0 Å². The summed E-state index contributed by atoms with van der Waals surface area (Å²) in [4.78, 5) is 26.5. The van der Waals surface area contributed by atoms with Gasteiger partial charge in [0.25, 0.3) is 11.8 Å². The van der Waals surface area contributed by atoms with Gasteiger partial charge in [-0.05, 0) is 54.5 Å². The molecule has 2 amide bonds. The second kappa shape index (κ2) is 7.93. The molecule has 3 rings (SSSR count). The normalized spacial score (nSPS) is 16.0. The average molecular weight is 366 g/mol. The van der Waals surface area contributed by atoms with Crippen LogP contribution < -0.4 is 15.0 Å². The van der Waals surface area contributed by atoms with Crippen molar-refractivity contribution in [3.8, 4) is 5.75 Å². The van der Waals surface area contributed by atoms with E-state index in [0.717, 1.165) is 6.42 Å². The molecule has 5 nitrogen and oxygen atoms in total. The molecule has 0 atom stereocenters. The van der Waals surface area contributed by atoms with Crippen molar-refractivity contribution in [1.82, 2.24) is 5.32 Å². The number of para-hydroxylation sites is 1. The van der Waals surface area contributed by atoms with E-state index in [1.165, 1.54) is 4.90 Å². The summed E-state index contributed by atoms with van der Waals surface area (Å²) in [6.07, 6.45) is 2.45. The number of carbonyl (C=O) groups is 2. The Morgan fingerprint density at radius 3 is 2.62 bits per heavy atom. The van der Waals surface area contributed by atoms with Crippen LogP contribution in [0.2, 0.25) is 0 Å². The highest BCUT2D eigenvalue weighted by Crippen LogP contribution is 2.23. The number of hydrogen-bond donors (Lipinski definition) is 1. The molecule has 0 unspecified atom stereocenters. The monoisotopic (exact) mass is 366 g/mol. The predicted molar refractivity (Wildman–Crippen MR) is 105 cm³/mol. The molecule has 0 radical (unpaired) electrons. The summed E-state index contributed by atoms with van der Waals surface area (Å²) < 4.78 is 5.60. The molecule has 6 heteroatoms. The lowest BCUT2D eigenvalue weighted by Gasteiger charge is -2.28. The van der Waals surface area contributed by atoms with E-state index in [4.69, 9.17) is 17.0 Å². The molecule has 1 saturated heterocycles. The maximum absolute atomic E-state index is 12.9. The van der Waals surface area contributed by atoms with Crippen LogP contribution >= 0.6 is 12.2 Å². The summed E-state index contributed by atoms with van der Waals surface area (Å²) in [7, 11) is 0. The zero-order valence-corrected chi connectivity index (χ0v) is 15.1.